The van der Waals surface area contributed by atoms with Gasteiger partial charge in [0.25, 0.3) is 0 Å². The standard InChI is InChI=1S/C15H22BrNO4/c1-15(2,3)21-14(20)17-9-12(18)13(19)11-7-5-4-6-10(11)8-16/h4-7,12-13,18-19H,8-9H2,1-3H3,(H,17,20). The van der Waals surface area contributed by atoms with Crippen LogP contribution in [0.25, 0.3) is 0 Å². The SMILES string of the molecule is CC(C)(C)OC(=O)NCC(O)C(O)c1ccccc1CBr. The Kier molecular flexibility index (Phi) is 6.64. The molecule has 2 atom stereocenters. The van der Waals surface area contributed by atoms with Crippen LogP contribution in [0.4, 0.5) is 4.79 Å². The van der Waals surface area contributed by atoms with E-state index in [1.807, 2.05) is 12.1 Å². The molecule has 0 spiro atoms. The van der Waals surface area contributed by atoms with Crippen molar-refractivity contribution in [1.29, 1.82) is 0 Å². The van der Waals surface area contributed by atoms with Gasteiger partial charge in [0.05, 0.1) is 0 Å². The molecule has 118 valence electrons. The van der Waals surface area contributed by atoms with E-state index in [0.29, 0.717) is 10.9 Å². The molecule has 0 fully saturated rings. The first-order valence-electron chi connectivity index (χ1n) is 6.71. The number of alkyl halides is 1. The fourth-order valence-electron chi connectivity index (χ4n) is 1.77. The van der Waals surface area contributed by atoms with E-state index in [2.05, 4.69) is 21.2 Å². The van der Waals surface area contributed by atoms with Gasteiger partial charge in [-0.15, -0.1) is 0 Å². The minimum atomic E-state index is -1.11. The van der Waals surface area contributed by atoms with E-state index in [9.17, 15) is 15.0 Å². The molecule has 0 saturated heterocycles. The van der Waals surface area contributed by atoms with Crippen molar-refractivity contribution in [3.63, 3.8) is 0 Å². The van der Waals surface area contributed by atoms with Crippen molar-refractivity contribution in [3.05, 3.63) is 35.4 Å². The lowest BCUT2D eigenvalue weighted by Crippen LogP contribution is -2.39. The number of ether oxygens (including phenoxy) is 1. The van der Waals surface area contributed by atoms with Crippen molar-refractivity contribution in [2.24, 2.45) is 0 Å². The minimum Gasteiger partial charge on any atom is -0.444 e. The summed E-state index contributed by atoms with van der Waals surface area (Å²) < 4.78 is 5.07. The van der Waals surface area contributed by atoms with E-state index >= 15 is 0 Å². The van der Waals surface area contributed by atoms with Crippen LogP contribution in [0.5, 0.6) is 0 Å². The Bertz CT molecular complexity index is 473. The average Bonchev–Trinajstić information content (AvgIpc) is 2.42. The van der Waals surface area contributed by atoms with Crippen LogP contribution < -0.4 is 5.32 Å². The van der Waals surface area contributed by atoms with Gasteiger partial charge in [-0.2, -0.15) is 0 Å². The van der Waals surface area contributed by atoms with Crippen molar-refractivity contribution in [1.82, 2.24) is 5.32 Å². The number of alkyl carbamates (subject to hydrolysis) is 1. The highest BCUT2D eigenvalue weighted by Gasteiger charge is 2.22. The maximum absolute atomic E-state index is 11.5. The molecule has 3 N–H and O–H groups in total. The lowest BCUT2D eigenvalue weighted by Gasteiger charge is -2.23. The van der Waals surface area contributed by atoms with E-state index in [0.717, 1.165) is 5.56 Å². The highest BCUT2D eigenvalue weighted by Crippen LogP contribution is 2.22. The summed E-state index contributed by atoms with van der Waals surface area (Å²) in [5.41, 5.74) is 0.921. The second-order valence-corrected chi connectivity index (χ2v) is 6.29. The normalized spacial score (nSPS) is 14.4. The maximum Gasteiger partial charge on any atom is 0.407 e. The molecule has 1 aromatic rings. The van der Waals surface area contributed by atoms with Crippen LogP contribution in [-0.4, -0.2) is 34.6 Å². The number of carbonyl (C=O) groups is 1. The number of nitrogens with one attached hydrogen (secondary N) is 1. The molecule has 1 aromatic carbocycles. The second-order valence-electron chi connectivity index (χ2n) is 5.73. The second kappa shape index (κ2) is 7.77. The van der Waals surface area contributed by atoms with Gasteiger partial charge in [0, 0.05) is 11.9 Å². The van der Waals surface area contributed by atoms with Gasteiger partial charge >= 0.3 is 6.09 Å². The quantitative estimate of drug-likeness (QED) is 0.705. The van der Waals surface area contributed by atoms with E-state index in [1.54, 1.807) is 32.9 Å². The fraction of sp³-hybridized carbons (Fsp3) is 0.533. The Morgan fingerprint density at radius 3 is 2.52 bits per heavy atom. The first kappa shape index (κ1) is 17.9. The molecular formula is C15H22BrNO4. The Morgan fingerprint density at radius 2 is 1.95 bits per heavy atom. The molecule has 0 heterocycles. The van der Waals surface area contributed by atoms with Crippen LogP contribution >= 0.6 is 15.9 Å². The summed E-state index contributed by atoms with van der Waals surface area (Å²) in [6.07, 6.45) is -2.81. The number of halogens is 1. The third-order valence-electron chi connectivity index (χ3n) is 2.74. The van der Waals surface area contributed by atoms with Gasteiger partial charge in [0.15, 0.2) is 0 Å². The van der Waals surface area contributed by atoms with E-state index in [1.165, 1.54) is 0 Å². The van der Waals surface area contributed by atoms with E-state index < -0.39 is 23.9 Å². The van der Waals surface area contributed by atoms with Crippen molar-refractivity contribution in [2.45, 2.75) is 43.9 Å². The lowest BCUT2D eigenvalue weighted by molar-refractivity contribution is 0.0126. The largest absolute Gasteiger partial charge is 0.444 e. The molecule has 0 aliphatic rings. The van der Waals surface area contributed by atoms with Crippen LogP contribution in [0.1, 0.15) is 38.0 Å². The summed E-state index contributed by atoms with van der Waals surface area (Å²) in [6.45, 7) is 5.17. The highest BCUT2D eigenvalue weighted by molar-refractivity contribution is 9.08. The molecule has 0 aromatic heterocycles. The average molecular weight is 360 g/mol. The predicted octanol–water partition coefficient (Wildman–Crippen LogP) is 2.50. The Balaban J connectivity index is 2.59. The van der Waals surface area contributed by atoms with E-state index in [4.69, 9.17) is 4.74 Å². The molecule has 1 amide bonds. The first-order valence-corrected chi connectivity index (χ1v) is 7.83. The van der Waals surface area contributed by atoms with Gasteiger partial charge in [0.2, 0.25) is 0 Å². The van der Waals surface area contributed by atoms with Gasteiger partial charge in [-0.1, -0.05) is 40.2 Å². The number of benzene rings is 1. The smallest absolute Gasteiger partial charge is 0.407 e. The van der Waals surface area contributed by atoms with Crippen LogP contribution in [0.15, 0.2) is 24.3 Å². The zero-order valence-electron chi connectivity index (χ0n) is 12.5. The van der Waals surface area contributed by atoms with E-state index in [-0.39, 0.29) is 6.54 Å². The molecule has 0 saturated carbocycles. The number of carbonyl (C=O) groups excluding carboxylic acids is 1. The summed E-state index contributed by atoms with van der Waals surface area (Å²) >= 11 is 3.34. The molecular weight excluding hydrogens is 338 g/mol. The maximum atomic E-state index is 11.5. The molecule has 0 radical (unpaired) electrons. The Labute approximate surface area is 133 Å². The monoisotopic (exact) mass is 359 g/mol. The van der Waals surface area contributed by atoms with Gasteiger partial charge in [-0.05, 0) is 31.9 Å². The number of amides is 1. The molecule has 6 heteroatoms. The van der Waals surface area contributed by atoms with Gasteiger partial charge < -0.3 is 20.3 Å². The summed E-state index contributed by atoms with van der Waals surface area (Å²) in [7, 11) is 0. The molecule has 5 nitrogen and oxygen atoms in total. The van der Waals surface area contributed by atoms with Gasteiger partial charge in [0.1, 0.15) is 17.8 Å². The topological polar surface area (TPSA) is 78.8 Å². The summed E-state index contributed by atoms with van der Waals surface area (Å²) in [5, 5.41) is 23.2. The highest BCUT2D eigenvalue weighted by atomic mass is 79.9. The van der Waals surface area contributed by atoms with Gasteiger partial charge in [-0.25, -0.2) is 4.79 Å². The number of hydrogen-bond donors (Lipinski definition) is 3. The zero-order chi connectivity index (χ0) is 16.0. The number of rotatable bonds is 5. The Hall–Kier alpha value is -1.11. The van der Waals surface area contributed by atoms with Crippen LogP contribution in [-0.2, 0) is 10.1 Å². The molecule has 0 aliphatic heterocycles. The third-order valence-corrected chi connectivity index (χ3v) is 3.34. The minimum absolute atomic E-state index is 0.0906. The third kappa shape index (κ3) is 6.03. The first-order chi connectivity index (χ1) is 9.74. The summed E-state index contributed by atoms with van der Waals surface area (Å²) in [5.74, 6) is 0. The predicted molar refractivity (Wildman–Crippen MR) is 84.3 cm³/mol. The van der Waals surface area contributed by atoms with Crippen molar-refractivity contribution < 1.29 is 19.7 Å². The van der Waals surface area contributed by atoms with Crippen molar-refractivity contribution in [3.8, 4) is 0 Å². The summed E-state index contributed by atoms with van der Waals surface area (Å²) in [4.78, 5) is 11.5. The summed E-state index contributed by atoms with van der Waals surface area (Å²) in [6, 6.07) is 7.26. The lowest BCUT2D eigenvalue weighted by atomic mass is 9.99. The zero-order valence-corrected chi connectivity index (χ0v) is 14.1. The molecule has 0 aliphatic carbocycles. The van der Waals surface area contributed by atoms with Crippen LogP contribution in [0.2, 0.25) is 0 Å². The van der Waals surface area contributed by atoms with Crippen LogP contribution in [0.3, 0.4) is 0 Å². The number of aliphatic hydroxyl groups excluding tert-OH is 2. The Morgan fingerprint density at radius 1 is 1.33 bits per heavy atom. The van der Waals surface area contributed by atoms with Crippen molar-refractivity contribution in [2.75, 3.05) is 6.54 Å². The number of aliphatic hydroxyl groups is 2. The molecule has 21 heavy (non-hydrogen) atoms. The van der Waals surface area contributed by atoms with Crippen LogP contribution in [0, 0.1) is 0 Å². The van der Waals surface area contributed by atoms with Gasteiger partial charge in [-0.3, -0.25) is 0 Å². The molecule has 0 bridgehead atoms. The molecule has 2 unspecified atom stereocenters. The fourth-order valence-corrected chi connectivity index (χ4v) is 2.28. The number of hydrogen-bond acceptors (Lipinski definition) is 4. The molecule has 1 rings (SSSR count). The van der Waals surface area contributed by atoms with Crippen molar-refractivity contribution >= 4 is 22.0 Å².